The summed E-state index contributed by atoms with van der Waals surface area (Å²) >= 11 is 1.48. The summed E-state index contributed by atoms with van der Waals surface area (Å²) in [5, 5.41) is 5.57. The van der Waals surface area contributed by atoms with Crippen molar-refractivity contribution in [3.8, 4) is 0 Å². The van der Waals surface area contributed by atoms with Crippen molar-refractivity contribution < 1.29 is 9.59 Å². The number of hydrogen-bond donors (Lipinski definition) is 2. The molecule has 2 rings (SSSR count). The average Bonchev–Trinajstić information content (AvgIpc) is 2.90. The van der Waals surface area contributed by atoms with Crippen LogP contribution in [0.15, 0.2) is 24.3 Å². The molecule has 2 amide bonds. The Bertz CT molecular complexity index is 730. The van der Waals surface area contributed by atoms with Gasteiger partial charge in [-0.2, -0.15) is 0 Å². The highest BCUT2D eigenvalue weighted by atomic mass is 32.1. The summed E-state index contributed by atoms with van der Waals surface area (Å²) in [6.45, 7) is 8.01. The molecule has 0 unspecified atom stereocenters. The van der Waals surface area contributed by atoms with Gasteiger partial charge in [-0.25, -0.2) is 0 Å². The van der Waals surface area contributed by atoms with Crippen LogP contribution in [0.5, 0.6) is 0 Å². The van der Waals surface area contributed by atoms with Gasteiger partial charge in [0.2, 0.25) is 5.91 Å². The van der Waals surface area contributed by atoms with E-state index >= 15 is 0 Å². The fraction of sp³-hybridized carbons (Fsp3) is 0.368. The molecule has 0 aliphatic carbocycles. The number of carbonyl (C=O) groups excluding carboxylic acids is 2. The van der Waals surface area contributed by atoms with Crippen molar-refractivity contribution in [3.05, 3.63) is 50.7 Å². The maximum Gasteiger partial charge on any atom is 0.261 e. The molecule has 0 bridgehead atoms. The van der Waals surface area contributed by atoms with E-state index in [1.807, 2.05) is 45.0 Å². The molecule has 0 spiro atoms. The van der Waals surface area contributed by atoms with Crippen LogP contribution in [0.4, 0.5) is 5.69 Å². The van der Waals surface area contributed by atoms with Gasteiger partial charge >= 0.3 is 0 Å². The average molecular weight is 344 g/mol. The molecule has 4 nitrogen and oxygen atoms in total. The van der Waals surface area contributed by atoms with Crippen LogP contribution < -0.4 is 10.6 Å². The molecule has 0 radical (unpaired) electrons. The van der Waals surface area contributed by atoms with Gasteiger partial charge in [-0.15, -0.1) is 11.3 Å². The SMILES string of the molecule is CCCc1cc(C(=O)NCC(=O)Nc2c(C)cccc2C)sc1C. The molecule has 0 saturated heterocycles. The molecule has 24 heavy (non-hydrogen) atoms. The van der Waals surface area contributed by atoms with Crippen molar-refractivity contribution in [2.24, 2.45) is 0 Å². The quantitative estimate of drug-likeness (QED) is 0.832. The van der Waals surface area contributed by atoms with E-state index in [0.717, 1.165) is 29.7 Å². The van der Waals surface area contributed by atoms with Gasteiger partial charge < -0.3 is 10.6 Å². The lowest BCUT2D eigenvalue weighted by Gasteiger charge is -2.11. The fourth-order valence-corrected chi connectivity index (χ4v) is 3.58. The van der Waals surface area contributed by atoms with Gasteiger partial charge in [-0.3, -0.25) is 9.59 Å². The minimum Gasteiger partial charge on any atom is -0.342 e. The lowest BCUT2D eigenvalue weighted by molar-refractivity contribution is -0.115. The maximum atomic E-state index is 12.2. The molecular weight excluding hydrogens is 320 g/mol. The highest BCUT2D eigenvalue weighted by molar-refractivity contribution is 7.14. The van der Waals surface area contributed by atoms with Gasteiger partial charge in [0, 0.05) is 10.6 Å². The van der Waals surface area contributed by atoms with E-state index in [2.05, 4.69) is 17.6 Å². The Morgan fingerprint density at radius 3 is 2.42 bits per heavy atom. The van der Waals surface area contributed by atoms with Crippen LogP contribution in [-0.2, 0) is 11.2 Å². The molecule has 128 valence electrons. The zero-order valence-corrected chi connectivity index (χ0v) is 15.5. The van der Waals surface area contributed by atoms with Crippen LogP contribution in [0.3, 0.4) is 0 Å². The molecule has 2 N–H and O–H groups in total. The van der Waals surface area contributed by atoms with Gasteiger partial charge in [-0.05, 0) is 49.9 Å². The Morgan fingerprint density at radius 1 is 1.12 bits per heavy atom. The van der Waals surface area contributed by atoms with Gasteiger partial charge in [0.15, 0.2) is 0 Å². The summed E-state index contributed by atoms with van der Waals surface area (Å²) in [4.78, 5) is 26.2. The molecule has 0 aliphatic rings. The first-order valence-corrected chi connectivity index (χ1v) is 8.97. The van der Waals surface area contributed by atoms with Crippen LogP contribution in [0, 0.1) is 20.8 Å². The molecule has 1 heterocycles. The summed E-state index contributed by atoms with van der Waals surface area (Å²) in [5.74, 6) is -0.412. The Morgan fingerprint density at radius 2 is 1.79 bits per heavy atom. The maximum absolute atomic E-state index is 12.2. The first kappa shape index (κ1) is 18.2. The molecule has 0 atom stereocenters. The van der Waals surface area contributed by atoms with Crippen molar-refractivity contribution in [1.29, 1.82) is 0 Å². The molecule has 2 aromatic rings. The Kier molecular flexibility index (Phi) is 6.15. The number of hydrogen-bond acceptors (Lipinski definition) is 3. The fourth-order valence-electron chi connectivity index (χ4n) is 2.59. The Labute approximate surface area is 147 Å². The Hall–Kier alpha value is -2.14. The minimum absolute atomic E-state index is 0.0351. The number of carbonyl (C=O) groups is 2. The standard InChI is InChI=1S/C19H24N2O2S/c1-5-7-15-10-16(24-14(15)4)19(23)20-11-17(22)21-18-12(2)8-6-9-13(18)3/h6,8-10H,5,7,11H2,1-4H3,(H,20,23)(H,21,22). The predicted molar refractivity (Wildman–Crippen MR) is 99.9 cm³/mol. The normalized spacial score (nSPS) is 10.5. The van der Waals surface area contributed by atoms with Gasteiger partial charge in [-0.1, -0.05) is 31.5 Å². The zero-order chi connectivity index (χ0) is 17.7. The third-order valence-corrected chi connectivity index (χ3v) is 5.01. The first-order chi connectivity index (χ1) is 11.4. The lowest BCUT2D eigenvalue weighted by Crippen LogP contribution is -2.32. The summed E-state index contributed by atoms with van der Waals surface area (Å²) in [6.07, 6.45) is 2.03. The second-order valence-corrected chi connectivity index (χ2v) is 7.20. The molecule has 0 fully saturated rings. The number of thiophene rings is 1. The van der Waals surface area contributed by atoms with E-state index in [4.69, 9.17) is 0 Å². The van der Waals surface area contributed by atoms with Crippen molar-refractivity contribution in [2.45, 2.75) is 40.5 Å². The molecular formula is C19H24N2O2S. The first-order valence-electron chi connectivity index (χ1n) is 8.16. The second-order valence-electron chi connectivity index (χ2n) is 5.94. The van der Waals surface area contributed by atoms with Crippen LogP contribution in [0.25, 0.3) is 0 Å². The van der Waals surface area contributed by atoms with E-state index in [1.165, 1.54) is 21.8 Å². The Balaban J connectivity index is 1.94. The van der Waals surface area contributed by atoms with Gasteiger partial charge in [0.05, 0.1) is 11.4 Å². The highest BCUT2D eigenvalue weighted by Crippen LogP contribution is 2.23. The summed E-state index contributed by atoms with van der Waals surface area (Å²) in [6, 6.07) is 7.78. The number of para-hydroxylation sites is 1. The predicted octanol–water partition coefficient (Wildman–Crippen LogP) is 3.99. The minimum atomic E-state index is -0.220. The zero-order valence-electron chi connectivity index (χ0n) is 14.7. The molecule has 0 aliphatic heterocycles. The van der Waals surface area contributed by atoms with Crippen molar-refractivity contribution in [3.63, 3.8) is 0 Å². The lowest BCUT2D eigenvalue weighted by atomic mass is 10.1. The summed E-state index contributed by atoms with van der Waals surface area (Å²) < 4.78 is 0. The van der Waals surface area contributed by atoms with Crippen molar-refractivity contribution in [1.82, 2.24) is 5.32 Å². The second kappa shape index (κ2) is 8.11. The number of benzene rings is 1. The van der Waals surface area contributed by atoms with Crippen LogP contribution >= 0.6 is 11.3 Å². The molecule has 1 aromatic heterocycles. The van der Waals surface area contributed by atoms with Crippen molar-refractivity contribution >= 4 is 28.8 Å². The van der Waals surface area contributed by atoms with Gasteiger partial charge in [0.1, 0.15) is 0 Å². The van der Waals surface area contributed by atoms with Crippen LogP contribution in [0.1, 0.15) is 44.6 Å². The molecule has 0 saturated carbocycles. The third-order valence-electron chi connectivity index (χ3n) is 3.92. The van der Waals surface area contributed by atoms with Crippen molar-refractivity contribution in [2.75, 3.05) is 11.9 Å². The monoisotopic (exact) mass is 344 g/mol. The van der Waals surface area contributed by atoms with Crippen LogP contribution in [0.2, 0.25) is 0 Å². The highest BCUT2D eigenvalue weighted by Gasteiger charge is 2.14. The smallest absolute Gasteiger partial charge is 0.261 e. The van der Waals surface area contributed by atoms with E-state index in [-0.39, 0.29) is 18.4 Å². The number of rotatable bonds is 6. The number of amides is 2. The summed E-state index contributed by atoms with van der Waals surface area (Å²) in [5.41, 5.74) is 4.04. The topological polar surface area (TPSA) is 58.2 Å². The molecule has 1 aromatic carbocycles. The van der Waals surface area contributed by atoms with Gasteiger partial charge in [0.25, 0.3) is 5.91 Å². The third kappa shape index (κ3) is 4.45. The van der Waals surface area contributed by atoms with E-state index in [1.54, 1.807) is 0 Å². The summed E-state index contributed by atoms with van der Waals surface area (Å²) in [7, 11) is 0. The number of anilines is 1. The molecule has 5 heteroatoms. The number of aryl methyl sites for hydroxylation is 4. The van der Waals surface area contributed by atoms with Crippen LogP contribution in [-0.4, -0.2) is 18.4 Å². The number of nitrogens with one attached hydrogen (secondary N) is 2. The van der Waals surface area contributed by atoms with E-state index in [9.17, 15) is 9.59 Å². The largest absolute Gasteiger partial charge is 0.342 e. The van der Waals surface area contributed by atoms with E-state index in [0.29, 0.717) is 4.88 Å². The van der Waals surface area contributed by atoms with E-state index < -0.39 is 0 Å².